The second-order valence-corrected chi connectivity index (χ2v) is 5.45. The lowest BCUT2D eigenvalue weighted by Gasteiger charge is -2.33. The zero-order chi connectivity index (χ0) is 12.3. The number of benzene rings is 1. The first-order valence-electron chi connectivity index (χ1n) is 5.77. The molecule has 1 nitrogen and oxygen atoms in total. The summed E-state index contributed by atoms with van der Waals surface area (Å²) >= 11 is 6.15. The lowest BCUT2D eigenvalue weighted by atomic mass is 9.94. The average Bonchev–Trinajstić information content (AvgIpc) is 2.17. The van der Waals surface area contributed by atoms with Crippen molar-refractivity contribution >= 4 is 11.6 Å². The number of hydrogen-bond acceptors (Lipinski definition) is 1. The Morgan fingerprint density at radius 3 is 2.19 bits per heavy atom. The molecule has 2 heteroatoms. The van der Waals surface area contributed by atoms with Crippen molar-refractivity contribution in [1.29, 1.82) is 0 Å². The SMILES string of the molecule is CC(OC(C)(C)C(C)C)c1ccccc1Cl. The lowest BCUT2D eigenvalue weighted by Crippen LogP contribution is -2.32. The summed E-state index contributed by atoms with van der Waals surface area (Å²) in [6, 6.07) is 7.85. The van der Waals surface area contributed by atoms with Crippen molar-refractivity contribution in [2.75, 3.05) is 0 Å². The first kappa shape index (κ1) is 13.5. The van der Waals surface area contributed by atoms with Gasteiger partial charge in [-0.15, -0.1) is 0 Å². The molecule has 0 spiro atoms. The smallest absolute Gasteiger partial charge is 0.0818 e. The maximum absolute atomic E-state index is 6.15. The fraction of sp³-hybridized carbons (Fsp3) is 0.571. The Labute approximate surface area is 104 Å². The van der Waals surface area contributed by atoms with E-state index in [1.165, 1.54) is 0 Å². The quantitative estimate of drug-likeness (QED) is 0.731. The molecule has 0 aliphatic rings. The third-order valence-corrected chi connectivity index (χ3v) is 3.56. The van der Waals surface area contributed by atoms with Crippen LogP contribution < -0.4 is 0 Å². The van der Waals surface area contributed by atoms with E-state index in [0.29, 0.717) is 5.92 Å². The van der Waals surface area contributed by atoms with Gasteiger partial charge in [0.2, 0.25) is 0 Å². The normalized spacial score (nSPS) is 14.2. The van der Waals surface area contributed by atoms with Crippen LogP contribution in [0.4, 0.5) is 0 Å². The van der Waals surface area contributed by atoms with Crippen LogP contribution in [0.5, 0.6) is 0 Å². The van der Waals surface area contributed by atoms with Gasteiger partial charge in [0.15, 0.2) is 0 Å². The fourth-order valence-corrected chi connectivity index (χ4v) is 1.75. The first-order valence-corrected chi connectivity index (χ1v) is 6.14. The van der Waals surface area contributed by atoms with Crippen molar-refractivity contribution in [3.63, 3.8) is 0 Å². The zero-order valence-corrected chi connectivity index (χ0v) is 11.5. The highest BCUT2D eigenvalue weighted by molar-refractivity contribution is 6.31. The minimum absolute atomic E-state index is 0.0195. The van der Waals surface area contributed by atoms with Crippen molar-refractivity contribution in [3.8, 4) is 0 Å². The number of ether oxygens (including phenoxy) is 1. The van der Waals surface area contributed by atoms with Gasteiger partial charge in [0.1, 0.15) is 0 Å². The van der Waals surface area contributed by atoms with Gasteiger partial charge in [0.05, 0.1) is 11.7 Å². The van der Waals surface area contributed by atoms with E-state index in [0.717, 1.165) is 10.6 Å². The minimum Gasteiger partial charge on any atom is -0.368 e. The molecular formula is C14H21ClO. The van der Waals surface area contributed by atoms with Gasteiger partial charge in [-0.2, -0.15) is 0 Å². The van der Waals surface area contributed by atoms with Gasteiger partial charge < -0.3 is 4.74 Å². The Kier molecular flexibility index (Phi) is 4.40. The van der Waals surface area contributed by atoms with Crippen LogP contribution in [-0.4, -0.2) is 5.60 Å². The Bertz CT molecular complexity index is 344. The summed E-state index contributed by atoms with van der Waals surface area (Å²) in [7, 11) is 0. The maximum atomic E-state index is 6.15. The standard InChI is InChI=1S/C14H21ClO/c1-10(2)14(4,5)16-11(3)12-8-6-7-9-13(12)15/h6-11H,1-5H3. The van der Waals surface area contributed by atoms with Gasteiger partial charge in [-0.1, -0.05) is 43.6 Å². The predicted molar refractivity (Wildman–Crippen MR) is 69.9 cm³/mol. The van der Waals surface area contributed by atoms with Gasteiger partial charge in [-0.05, 0) is 38.3 Å². The van der Waals surface area contributed by atoms with E-state index in [9.17, 15) is 0 Å². The van der Waals surface area contributed by atoms with Crippen molar-refractivity contribution < 1.29 is 4.74 Å². The van der Waals surface area contributed by atoms with E-state index < -0.39 is 0 Å². The van der Waals surface area contributed by atoms with Crippen LogP contribution in [0.15, 0.2) is 24.3 Å². The predicted octanol–water partition coefficient (Wildman–Crippen LogP) is 4.85. The second-order valence-electron chi connectivity index (χ2n) is 5.04. The van der Waals surface area contributed by atoms with Crippen molar-refractivity contribution in [2.24, 2.45) is 5.92 Å². The Morgan fingerprint density at radius 1 is 1.12 bits per heavy atom. The molecule has 0 radical (unpaired) electrons. The number of hydrogen-bond donors (Lipinski definition) is 0. The van der Waals surface area contributed by atoms with Crippen molar-refractivity contribution in [1.82, 2.24) is 0 Å². The number of halogens is 1. The van der Waals surface area contributed by atoms with E-state index in [1.54, 1.807) is 0 Å². The van der Waals surface area contributed by atoms with Crippen LogP contribution in [0.3, 0.4) is 0 Å². The Morgan fingerprint density at radius 2 is 1.69 bits per heavy atom. The topological polar surface area (TPSA) is 9.23 Å². The first-order chi connectivity index (χ1) is 7.34. The summed E-state index contributed by atoms with van der Waals surface area (Å²) in [5.41, 5.74) is 0.913. The molecule has 1 atom stereocenters. The summed E-state index contributed by atoms with van der Waals surface area (Å²) in [5.74, 6) is 0.470. The molecule has 0 aromatic heterocycles. The molecule has 0 bridgehead atoms. The molecule has 0 aliphatic carbocycles. The van der Waals surface area contributed by atoms with Gasteiger partial charge in [-0.25, -0.2) is 0 Å². The summed E-state index contributed by atoms with van der Waals surface area (Å²) in [5, 5.41) is 0.773. The Balaban J connectivity index is 2.81. The third kappa shape index (κ3) is 3.23. The summed E-state index contributed by atoms with van der Waals surface area (Å²) < 4.78 is 6.08. The molecule has 0 heterocycles. The molecule has 1 aromatic carbocycles. The Hall–Kier alpha value is -0.530. The molecule has 0 amide bonds. The second kappa shape index (κ2) is 5.20. The summed E-state index contributed by atoms with van der Waals surface area (Å²) in [6.07, 6.45) is 0.0195. The van der Waals surface area contributed by atoms with Crippen LogP contribution in [0.25, 0.3) is 0 Å². The molecule has 1 aromatic rings. The highest BCUT2D eigenvalue weighted by atomic mass is 35.5. The summed E-state index contributed by atoms with van der Waals surface area (Å²) in [4.78, 5) is 0. The molecule has 0 fully saturated rings. The van der Waals surface area contributed by atoms with E-state index in [2.05, 4.69) is 27.7 Å². The molecule has 1 unspecified atom stereocenters. The molecule has 0 saturated carbocycles. The van der Waals surface area contributed by atoms with E-state index in [-0.39, 0.29) is 11.7 Å². The maximum Gasteiger partial charge on any atom is 0.0818 e. The summed E-state index contributed by atoms with van der Waals surface area (Å²) in [6.45, 7) is 10.6. The fourth-order valence-electron chi connectivity index (χ4n) is 1.46. The van der Waals surface area contributed by atoms with Gasteiger partial charge in [0.25, 0.3) is 0 Å². The van der Waals surface area contributed by atoms with E-state index in [1.807, 2.05) is 31.2 Å². The third-order valence-electron chi connectivity index (χ3n) is 3.21. The molecule has 0 aliphatic heterocycles. The van der Waals surface area contributed by atoms with Crippen molar-refractivity contribution in [2.45, 2.75) is 46.3 Å². The van der Waals surface area contributed by atoms with Crippen LogP contribution >= 0.6 is 11.6 Å². The molecule has 16 heavy (non-hydrogen) atoms. The van der Waals surface area contributed by atoms with Crippen LogP contribution in [0, 0.1) is 5.92 Å². The molecule has 0 N–H and O–H groups in total. The van der Waals surface area contributed by atoms with Crippen molar-refractivity contribution in [3.05, 3.63) is 34.9 Å². The largest absolute Gasteiger partial charge is 0.368 e. The van der Waals surface area contributed by atoms with Gasteiger partial charge in [-0.3, -0.25) is 0 Å². The number of rotatable bonds is 4. The minimum atomic E-state index is -0.140. The van der Waals surface area contributed by atoms with Crippen LogP contribution in [-0.2, 0) is 4.74 Å². The van der Waals surface area contributed by atoms with Gasteiger partial charge >= 0.3 is 0 Å². The highest BCUT2D eigenvalue weighted by Gasteiger charge is 2.26. The molecular weight excluding hydrogens is 220 g/mol. The lowest BCUT2D eigenvalue weighted by molar-refractivity contribution is -0.0926. The monoisotopic (exact) mass is 240 g/mol. The van der Waals surface area contributed by atoms with Gasteiger partial charge in [0, 0.05) is 5.02 Å². The van der Waals surface area contributed by atoms with E-state index >= 15 is 0 Å². The molecule has 0 saturated heterocycles. The van der Waals surface area contributed by atoms with Crippen LogP contribution in [0.2, 0.25) is 5.02 Å². The molecule has 1 rings (SSSR count). The highest BCUT2D eigenvalue weighted by Crippen LogP contribution is 2.31. The molecule has 90 valence electrons. The zero-order valence-electron chi connectivity index (χ0n) is 10.8. The van der Waals surface area contributed by atoms with Crippen LogP contribution in [0.1, 0.15) is 46.3 Å². The van der Waals surface area contributed by atoms with E-state index in [4.69, 9.17) is 16.3 Å². The average molecular weight is 241 g/mol.